The summed E-state index contributed by atoms with van der Waals surface area (Å²) < 4.78 is 33.9. The minimum Gasteiger partial charge on any atom is -0.494 e. The van der Waals surface area contributed by atoms with Crippen molar-refractivity contribution in [2.45, 2.75) is 70.0 Å². The molecule has 2 fully saturated rings. The molecule has 4 aromatic rings. The van der Waals surface area contributed by atoms with Crippen LogP contribution in [0.15, 0.2) is 97.1 Å². The summed E-state index contributed by atoms with van der Waals surface area (Å²) in [5, 5.41) is 0. The lowest BCUT2D eigenvalue weighted by Crippen LogP contribution is -2.05. The molecule has 0 bridgehead atoms. The normalized spacial score (nSPS) is 17.8. The van der Waals surface area contributed by atoms with Gasteiger partial charge in [0, 0.05) is 13.2 Å². The predicted octanol–water partition coefficient (Wildman–Crippen LogP) is 9.47. The third kappa shape index (κ3) is 11.7. The fraction of sp³-hybridized carbons (Fsp3) is 0.442. The van der Waals surface area contributed by atoms with Crippen molar-refractivity contribution in [3.63, 3.8) is 0 Å². The smallest absolute Gasteiger partial charge is 0.119 e. The van der Waals surface area contributed by atoms with Gasteiger partial charge in [-0.1, -0.05) is 86.6 Å². The van der Waals surface area contributed by atoms with E-state index >= 15 is 0 Å². The SMILES string of the molecule is CC(CCOCC1CO1)c1ccc(-c2ccc(OCCCCCOc3ccc(-c4ccc(C(C)CCOCC5CO5)cc4)cc3)cc2)cc1. The average Bonchev–Trinajstić information content (AvgIpc) is 4.09. The van der Waals surface area contributed by atoms with Crippen molar-refractivity contribution in [1.82, 2.24) is 0 Å². The molecule has 2 saturated heterocycles. The van der Waals surface area contributed by atoms with E-state index in [-0.39, 0.29) is 0 Å². The summed E-state index contributed by atoms with van der Waals surface area (Å²) in [5.41, 5.74) is 7.53. The highest BCUT2D eigenvalue weighted by Gasteiger charge is 2.23. The Balaban J connectivity index is 0.825. The molecule has 0 saturated carbocycles. The van der Waals surface area contributed by atoms with Crippen LogP contribution in [-0.2, 0) is 18.9 Å². The van der Waals surface area contributed by atoms with Crippen LogP contribution in [0, 0.1) is 0 Å². The molecular weight excluding hydrogens is 612 g/mol. The van der Waals surface area contributed by atoms with E-state index in [1.165, 1.54) is 33.4 Å². The highest BCUT2D eigenvalue weighted by molar-refractivity contribution is 5.65. The first kappa shape index (κ1) is 35.2. The molecule has 6 rings (SSSR count). The van der Waals surface area contributed by atoms with E-state index in [1.54, 1.807) is 0 Å². The second kappa shape index (κ2) is 18.4. The van der Waals surface area contributed by atoms with E-state index in [1.807, 2.05) is 0 Å². The van der Waals surface area contributed by atoms with Crippen molar-refractivity contribution < 1.29 is 28.4 Å². The molecule has 2 heterocycles. The van der Waals surface area contributed by atoms with Gasteiger partial charge >= 0.3 is 0 Å². The van der Waals surface area contributed by atoms with Gasteiger partial charge in [-0.3, -0.25) is 0 Å². The van der Waals surface area contributed by atoms with Crippen LogP contribution in [0.3, 0.4) is 0 Å². The van der Waals surface area contributed by atoms with Crippen LogP contribution >= 0.6 is 0 Å². The second-order valence-electron chi connectivity index (χ2n) is 13.5. The summed E-state index contributed by atoms with van der Waals surface area (Å²) in [6, 6.07) is 34.6. The van der Waals surface area contributed by atoms with Gasteiger partial charge in [0.05, 0.1) is 39.6 Å². The molecule has 49 heavy (non-hydrogen) atoms. The number of epoxide rings is 2. The minimum atomic E-state index is 0.335. The van der Waals surface area contributed by atoms with Crippen molar-refractivity contribution in [2.24, 2.45) is 0 Å². The van der Waals surface area contributed by atoms with Gasteiger partial charge < -0.3 is 28.4 Å². The number of ether oxygens (including phenoxy) is 6. The molecule has 6 heteroatoms. The van der Waals surface area contributed by atoms with Crippen LogP contribution in [0.2, 0.25) is 0 Å². The Labute approximate surface area is 292 Å². The molecule has 2 aliphatic heterocycles. The van der Waals surface area contributed by atoms with Crippen LogP contribution in [0.1, 0.15) is 68.9 Å². The lowest BCUT2D eigenvalue weighted by atomic mass is 9.95. The molecule has 0 radical (unpaired) electrons. The Bertz CT molecular complexity index is 1390. The fourth-order valence-electron chi connectivity index (χ4n) is 5.87. The van der Waals surface area contributed by atoms with Crippen LogP contribution < -0.4 is 9.47 Å². The van der Waals surface area contributed by atoms with Crippen molar-refractivity contribution in [3.05, 3.63) is 108 Å². The lowest BCUT2D eigenvalue weighted by Gasteiger charge is -2.13. The van der Waals surface area contributed by atoms with Gasteiger partial charge in [-0.05, 0) is 102 Å². The van der Waals surface area contributed by atoms with Crippen LogP contribution in [0.25, 0.3) is 22.3 Å². The maximum absolute atomic E-state index is 6.01. The number of hydrogen-bond acceptors (Lipinski definition) is 6. The zero-order valence-electron chi connectivity index (χ0n) is 29.2. The van der Waals surface area contributed by atoms with Gasteiger partial charge in [0.15, 0.2) is 0 Å². The van der Waals surface area contributed by atoms with Crippen molar-refractivity contribution in [3.8, 4) is 33.8 Å². The highest BCUT2D eigenvalue weighted by atomic mass is 16.6. The van der Waals surface area contributed by atoms with Gasteiger partial charge in [0.25, 0.3) is 0 Å². The maximum atomic E-state index is 6.01. The van der Waals surface area contributed by atoms with E-state index in [4.69, 9.17) is 28.4 Å². The Hall–Kier alpha value is -3.68. The molecule has 260 valence electrons. The Morgan fingerprint density at radius 2 is 0.837 bits per heavy atom. The largest absolute Gasteiger partial charge is 0.494 e. The van der Waals surface area contributed by atoms with Crippen LogP contribution in [0.4, 0.5) is 0 Å². The second-order valence-corrected chi connectivity index (χ2v) is 13.5. The van der Waals surface area contributed by atoms with Gasteiger partial charge in [0.1, 0.15) is 23.7 Å². The zero-order chi connectivity index (χ0) is 33.7. The van der Waals surface area contributed by atoms with Crippen LogP contribution in [-0.4, -0.2) is 65.1 Å². The number of benzene rings is 4. The Morgan fingerprint density at radius 1 is 0.490 bits per heavy atom. The van der Waals surface area contributed by atoms with Crippen molar-refractivity contribution >= 4 is 0 Å². The highest BCUT2D eigenvalue weighted by Crippen LogP contribution is 2.28. The minimum absolute atomic E-state index is 0.335. The Morgan fingerprint density at radius 3 is 1.18 bits per heavy atom. The molecule has 4 aromatic carbocycles. The molecular formula is C43H52O6. The quantitative estimate of drug-likeness (QED) is 0.0616. The molecule has 0 amide bonds. The van der Waals surface area contributed by atoms with Gasteiger partial charge in [-0.2, -0.15) is 0 Å². The van der Waals surface area contributed by atoms with Crippen molar-refractivity contribution in [2.75, 3.05) is 52.9 Å². The fourth-order valence-corrected chi connectivity index (χ4v) is 5.87. The van der Waals surface area contributed by atoms with E-state index < -0.39 is 0 Å². The third-order valence-corrected chi connectivity index (χ3v) is 9.46. The summed E-state index contributed by atoms with van der Waals surface area (Å²) in [4.78, 5) is 0. The molecule has 0 aromatic heterocycles. The van der Waals surface area contributed by atoms with E-state index in [0.29, 0.717) is 37.3 Å². The number of rotatable bonds is 22. The first-order valence-electron chi connectivity index (χ1n) is 18.2. The summed E-state index contributed by atoms with van der Waals surface area (Å²) in [5.74, 6) is 2.76. The van der Waals surface area contributed by atoms with Gasteiger partial charge in [0.2, 0.25) is 0 Å². The van der Waals surface area contributed by atoms with Crippen molar-refractivity contribution in [1.29, 1.82) is 0 Å². The summed E-state index contributed by atoms with van der Waals surface area (Å²) in [6.07, 6.45) is 5.77. The molecule has 0 spiro atoms. The molecule has 2 aliphatic rings. The lowest BCUT2D eigenvalue weighted by molar-refractivity contribution is 0.111. The van der Waals surface area contributed by atoms with Gasteiger partial charge in [-0.25, -0.2) is 0 Å². The monoisotopic (exact) mass is 664 g/mol. The molecule has 6 nitrogen and oxygen atoms in total. The first-order chi connectivity index (χ1) is 24.1. The molecule has 0 aliphatic carbocycles. The van der Waals surface area contributed by atoms with E-state index in [2.05, 4.69) is 111 Å². The molecule has 4 atom stereocenters. The van der Waals surface area contributed by atoms with E-state index in [9.17, 15) is 0 Å². The number of hydrogen-bond donors (Lipinski definition) is 0. The van der Waals surface area contributed by atoms with Crippen LogP contribution in [0.5, 0.6) is 11.5 Å². The third-order valence-electron chi connectivity index (χ3n) is 9.46. The average molecular weight is 665 g/mol. The molecule has 4 unspecified atom stereocenters. The maximum Gasteiger partial charge on any atom is 0.119 e. The summed E-state index contributed by atoms with van der Waals surface area (Å²) in [7, 11) is 0. The molecule has 0 N–H and O–H groups in total. The summed E-state index contributed by atoms with van der Waals surface area (Å²) in [6.45, 7) is 10.6. The van der Waals surface area contributed by atoms with Gasteiger partial charge in [-0.15, -0.1) is 0 Å². The first-order valence-corrected chi connectivity index (χ1v) is 18.2. The topological polar surface area (TPSA) is 62.0 Å². The van der Waals surface area contributed by atoms with E-state index in [0.717, 1.165) is 83.2 Å². The Kier molecular flexibility index (Phi) is 13.2. The zero-order valence-corrected chi connectivity index (χ0v) is 29.2. The standard InChI is InChI=1S/C43H52O6/c1-32(22-26-44-28-42-30-48-42)34-6-10-36(11-7-34)38-14-18-40(19-15-38)46-24-4-3-5-25-47-41-20-16-39(17-21-41)37-12-8-35(9-13-37)33(2)23-27-45-29-43-31-49-43/h6-21,32-33,42-43H,3-5,22-31H2,1-2H3. The predicted molar refractivity (Wildman–Crippen MR) is 196 cm³/mol. The number of unbranched alkanes of at least 4 members (excludes halogenated alkanes) is 2. The summed E-state index contributed by atoms with van der Waals surface area (Å²) >= 11 is 0.